The van der Waals surface area contributed by atoms with E-state index in [2.05, 4.69) is 19.1 Å². The van der Waals surface area contributed by atoms with E-state index < -0.39 is 0 Å². The molecule has 0 amide bonds. The predicted molar refractivity (Wildman–Crippen MR) is 118 cm³/mol. The number of benzene rings is 2. The Morgan fingerprint density at radius 2 is 1.64 bits per heavy atom. The zero-order chi connectivity index (χ0) is 19.3. The average Bonchev–Trinajstić information content (AvgIpc) is 2.73. The van der Waals surface area contributed by atoms with Crippen LogP contribution in [0.15, 0.2) is 36.4 Å². The van der Waals surface area contributed by atoms with E-state index in [-0.39, 0.29) is 5.82 Å². The van der Waals surface area contributed by atoms with Crippen LogP contribution in [0.1, 0.15) is 95.5 Å². The van der Waals surface area contributed by atoms with Crippen molar-refractivity contribution in [3.05, 3.63) is 47.8 Å². The molecule has 0 nitrogen and oxygen atoms in total. The fourth-order valence-corrected chi connectivity index (χ4v) is 6.11. The lowest BCUT2D eigenvalue weighted by atomic mass is 9.63. The summed E-state index contributed by atoms with van der Waals surface area (Å²) in [6, 6.07) is 12.0. The Hall–Kier alpha value is -1.37. The maximum Gasteiger partial charge on any atom is 0.131 e. The van der Waals surface area contributed by atoms with Gasteiger partial charge in [-0.15, -0.1) is 0 Å². The minimum atomic E-state index is -0.0398. The normalized spacial score (nSPS) is 27.6. The monoisotopic (exact) mass is 380 g/mol. The van der Waals surface area contributed by atoms with Gasteiger partial charge in [-0.3, -0.25) is 0 Å². The molecule has 0 spiro atoms. The van der Waals surface area contributed by atoms with Gasteiger partial charge in [0.25, 0.3) is 0 Å². The molecule has 2 fully saturated rings. The van der Waals surface area contributed by atoms with Crippen LogP contribution < -0.4 is 0 Å². The molecule has 2 aliphatic rings. The highest BCUT2D eigenvalue weighted by atomic mass is 19.1. The van der Waals surface area contributed by atoms with Gasteiger partial charge < -0.3 is 0 Å². The molecule has 0 radical (unpaired) electrons. The lowest BCUT2D eigenvalue weighted by Gasteiger charge is -2.42. The van der Waals surface area contributed by atoms with Gasteiger partial charge in [-0.2, -0.15) is 0 Å². The first-order valence-electron chi connectivity index (χ1n) is 11.9. The van der Waals surface area contributed by atoms with Crippen molar-refractivity contribution in [1.82, 2.24) is 0 Å². The van der Waals surface area contributed by atoms with Crippen LogP contribution in [0.3, 0.4) is 0 Å². The maximum absolute atomic E-state index is 14.6. The molecule has 0 aliphatic heterocycles. The molecular formula is C27H37F. The second-order valence-electron chi connectivity index (χ2n) is 9.64. The van der Waals surface area contributed by atoms with E-state index in [0.717, 1.165) is 28.5 Å². The zero-order valence-corrected chi connectivity index (χ0v) is 17.6. The Labute approximate surface area is 170 Å². The van der Waals surface area contributed by atoms with E-state index in [4.69, 9.17) is 0 Å². The van der Waals surface area contributed by atoms with Gasteiger partial charge in [-0.25, -0.2) is 4.39 Å². The minimum absolute atomic E-state index is 0.0398. The minimum Gasteiger partial charge on any atom is -0.206 e. The molecule has 0 N–H and O–H groups in total. The molecule has 4 unspecified atom stereocenters. The number of rotatable bonds is 7. The highest BCUT2D eigenvalue weighted by Gasteiger charge is 2.35. The van der Waals surface area contributed by atoms with Crippen LogP contribution in [0.5, 0.6) is 0 Å². The molecule has 0 heterocycles. The van der Waals surface area contributed by atoms with Crippen LogP contribution in [0.25, 0.3) is 10.8 Å². The molecule has 152 valence electrons. The lowest BCUT2D eigenvalue weighted by molar-refractivity contribution is 0.113. The molecule has 4 rings (SSSR count). The van der Waals surface area contributed by atoms with Crippen molar-refractivity contribution >= 4 is 10.8 Å². The molecule has 2 aromatic rings. The van der Waals surface area contributed by atoms with Crippen molar-refractivity contribution in [3.8, 4) is 0 Å². The van der Waals surface area contributed by atoms with E-state index in [1.807, 2.05) is 24.3 Å². The summed E-state index contributed by atoms with van der Waals surface area (Å²) in [4.78, 5) is 0. The maximum atomic E-state index is 14.6. The topological polar surface area (TPSA) is 0 Å². The number of fused-ring (bicyclic) bond motifs is 2. The summed E-state index contributed by atoms with van der Waals surface area (Å²) in [5.41, 5.74) is 1.24. The summed E-state index contributed by atoms with van der Waals surface area (Å²) in [6.45, 7) is 2.30. The predicted octanol–water partition coefficient (Wildman–Crippen LogP) is 8.64. The standard InChI is InChI=1S/C27H37F/c1-2-3-4-5-6-9-20-12-13-22-17-23(15-14-21(22)16-20)25-18-24-10-7-8-11-26(24)27(28)19-25/h7-8,10-11,18-23H,2-6,9,12-17H2,1H3. The second kappa shape index (κ2) is 9.42. The largest absolute Gasteiger partial charge is 0.206 e. The molecule has 0 aromatic heterocycles. The SMILES string of the molecule is CCCCCCCC1CCC2CC(c3cc(F)c4ccccc4c3)CCC2C1. The Bertz CT molecular complexity index is 764. The molecule has 2 aliphatic carbocycles. The van der Waals surface area contributed by atoms with Gasteiger partial charge in [-0.05, 0) is 72.8 Å². The highest BCUT2D eigenvalue weighted by Crippen LogP contribution is 2.48. The third-order valence-corrected chi connectivity index (χ3v) is 7.74. The van der Waals surface area contributed by atoms with Crippen LogP contribution in [0.4, 0.5) is 4.39 Å². The van der Waals surface area contributed by atoms with Crippen LogP contribution in [0, 0.1) is 23.6 Å². The average molecular weight is 381 g/mol. The Morgan fingerprint density at radius 3 is 2.54 bits per heavy atom. The van der Waals surface area contributed by atoms with Crippen molar-refractivity contribution in [2.24, 2.45) is 17.8 Å². The van der Waals surface area contributed by atoms with Gasteiger partial charge in [0.15, 0.2) is 0 Å². The number of hydrogen-bond donors (Lipinski definition) is 0. The third-order valence-electron chi connectivity index (χ3n) is 7.74. The molecule has 2 saturated carbocycles. The summed E-state index contributed by atoms with van der Waals surface area (Å²) >= 11 is 0. The summed E-state index contributed by atoms with van der Waals surface area (Å²) in [6.07, 6.45) is 16.7. The number of hydrogen-bond acceptors (Lipinski definition) is 0. The molecule has 0 bridgehead atoms. The molecule has 0 saturated heterocycles. The molecule has 4 atom stereocenters. The molecular weight excluding hydrogens is 343 g/mol. The van der Waals surface area contributed by atoms with Crippen molar-refractivity contribution in [2.45, 2.75) is 89.9 Å². The fraction of sp³-hybridized carbons (Fsp3) is 0.630. The molecule has 2 aromatic carbocycles. The van der Waals surface area contributed by atoms with Gasteiger partial charge in [-0.1, -0.05) is 82.2 Å². The summed E-state index contributed by atoms with van der Waals surface area (Å²) in [5.74, 6) is 3.33. The smallest absolute Gasteiger partial charge is 0.131 e. The first-order valence-corrected chi connectivity index (χ1v) is 11.9. The third kappa shape index (κ3) is 4.61. The number of halogens is 1. The summed E-state index contributed by atoms with van der Waals surface area (Å²) in [5, 5.41) is 1.82. The van der Waals surface area contributed by atoms with E-state index in [0.29, 0.717) is 5.92 Å². The Morgan fingerprint density at radius 1 is 0.857 bits per heavy atom. The van der Waals surface area contributed by atoms with Crippen LogP contribution in [0.2, 0.25) is 0 Å². The zero-order valence-electron chi connectivity index (χ0n) is 17.6. The van der Waals surface area contributed by atoms with Crippen molar-refractivity contribution in [2.75, 3.05) is 0 Å². The Balaban J connectivity index is 1.33. The van der Waals surface area contributed by atoms with Crippen molar-refractivity contribution < 1.29 is 4.39 Å². The van der Waals surface area contributed by atoms with Gasteiger partial charge in [0.2, 0.25) is 0 Å². The second-order valence-corrected chi connectivity index (χ2v) is 9.64. The van der Waals surface area contributed by atoms with Crippen LogP contribution in [-0.2, 0) is 0 Å². The fourth-order valence-electron chi connectivity index (χ4n) is 6.11. The Kier molecular flexibility index (Phi) is 6.70. The lowest BCUT2D eigenvalue weighted by Crippen LogP contribution is -2.30. The van der Waals surface area contributed by atoms with Crippen LogP contribution >= 0.6 is 0 Å². The van der Waals surface area contributed by atoms with Gasteiger partial charge in [0.05, 0.1) is 0 Å². The van der Waals surface area contributed by atoms with Crippen molar-refractivity contribution in [3.63, 3.8) is 0 Å². The van der Waals surface area contributed by atoms with Crippen LogP contribution in [-0.4, -0.2) is 0 Å². The van der Waals surface area contributed by atoms with E-state index in [9.17, 15) is 4.39 Å². The first kappa shape index (κ1) is 19.9. The number of unbranched alkanes of at least 4 members (excludes halogenated alkanes) is 4. The van der Waals surface area contributed by atoms with Gasteiger partial charge in [0, 0.05) is 5.39 Å². The summed E-state index contributed by atoms with van der Waals surface area (Å²) in [7, 11) is 0. The summed E-state index contributed by atoms with van der Waals surface area (Å²) < 4.78 is 14.6. The quantitative estimate of drug-likeness (QED) is 0.422. The van der Waals surface area contributed by atoms with E-state index in [1.54, 1.807) is 0 Å². The van der Waals surface area contributed by atoms with Gasteiger partial charge in [0.1, 0.15) is 5.82 Å². The highest BCUT2D eigenvalue weighted by molar-refractivity contribution is 5.83. The van der Waals surface area contributed by atoms with Gasteiger partial charge >= 0.3 is 0 Å². The van der Waals surface area contributed by atoms with Crippen molar-refractivity contribution in [1.29, 1.82) is 0 Å². The van der Waals surface area contributed by atoms with E-state index >= 15 is 0 Å². The molecule has 1 heteroatoms. The first-order chi connectivity index (χ1) is 13.7. The van der Waals surface area contributed by atoms with E-state index in [1.165, 1.54) is 82.6 Å². The molecule has 28 heavy (non-hydrogen) atoms.